The van der Waals surface area contributed by atoms with E-state index in [1.807, 2.05) is 6.07 Å². The van der Waals surface area contributed by atoms with Crippen LogP contribution in [0.4, 0.5) is 0 Å². The summed E-state index contributed by atoms with van der Waals surface area (Å²) >= 11 is 0. The third-order valence-electron chi connectivity index (χ3n) is 7.67. The van der Waals surface area contributed by atoms with Crippen molar-refractivity contribution in [3.8, 4) is 11.5 Å². The SMILES string of the molecule is O=C(C1CCOCC1)N1C[C@@H](c2ccc3c(c2)OCO3)[C@@H]2[C@H]1C1CCN2CC1. The Balaban J connectivity index is 1.34. The summed E-state index contributed by atoms with van der Waals surface area (Å²) in [6.45, 7) is 4.92. The quantitative estimate of drug-likeness (QED) is 0.783. The molecule has 0 spiro atoms. The van der Waals surface area contributed by atoms with Gasteiger partial charge in [0.25, 0.3) is 0 Å². The molecule has 6 aliphatic heterocycles. The normalized spacial score (nSPS) is 36.6. The average Bonchev–Trinajstić information content (AvgIpc) is 3.40. The Morgan fingerprint density at radius 3 is 2.57 bits per heavy atom. The standard InChI is InChI=1S/C22H28N2O4/c25-22(15-5-9-26-10-6-15)24-12-17(16-1-2-18-19(11-16)28-13-27-18)21-20(24)14-3-7-23(21)8-4-14/h1-2,11,14-15,17,20-21H,3-10,12-13H2/t17-,20+,21+/m0/s1. The molecule has 0 unspecified atom stereocenters. The molecule has 0 aliphatic carbocycles. The minimum Gasteiger partial charge on any atom is -0.454 e. The van der Waals surface area contributed by atoms with E-state index < -0.39 is 0 Å². The van der Waals surface area contributed by atoms with Crippen LogP contribution in [-0.4, -0.2) is 67.4 Å². The van der Waals surface area contributed by atoms with Crippen molar-refractivity contribution in [2.24, 2.45) is 11.8 Å². The number of hydrogen-bond donors (Lipinski definition) is 0. The Hall–Kier alpha value is -1.79. The Kier molecular flexibility index (Phi) is 4.05. The van der Waals surface area contributed by atoms with Gasteiger partial charge in [0.1, 0.15) is 0 Å². The Morgan fingerprint density at radius 2 is 1.75 bits per heavy atom. The minimum absolute atomic E-state index is 0.139. The number of nitrogens with zero attached hydrogens (tertiary/aromatic N) is 2. The van der Waals surface area contributed by atoms with Crippen LogP contribution in [0.3, 0.4) is 0 Å². The van der Waals surface area contributed by atoms with Crippen molar-refractivity contribution in [1.29, 1.82) is 0 Å². The summed E-state index contributed by atoms with van der Waals surface area (Å²) in [7, 11) is 0. The maximum absolute atomic E-state index is 13.5. The number of benzene rings is 1. The number of carbonyl (C=O) groups is 1. The third-order valence-corrected chi connectivity index (χ3v) is 7.67. The maximum Gasteiger partial charge on any atom is 0.231 e. The highest BCUT2D eigenvalue weighted by Crippen LogP contribution is 2.48. The predicted molar refractivity (Wildman–Crippen MR) is 102 cm³/mol. The van der Waals surface area contributed by atoms with Gasteiger partial charge >= 0.3 is 0 Å². The highest BCUT2D eigenvalue weighted by atomic mass is 16.7. The molecule has 150 valence electrons. The van der Waals surface area contributed by atoms with Crippen LogP contribution in [0, 0.1) is 11.8 Å². The van der Waals surface area contributed by atoms with Crippen molar-refractivity contribution >= 4 is 5.91 Å². The first-order valence-corrected chi connectivity index (χ1v) is 10.8. The van der Waals surface area contributed by atoms with Crippen LogP contribution in [0.2, 0.25) is 0 Å². The van der Waals surface area contributed by atoms with Crippen LogP contribution >= 0.6 is 0 Å². The van der Waals surface area contributed by atoms with E-state index in [4.69, 9.17) is 14.2 Å². The van der Waals surface area contributed by atoms with Gasteiger partial charge in [0.05, 0.1) is 6.04 Å². The fraction of sp³-hybridized carbons (Fsp3) is 0.682. The molecule has 1 aromatic rings. The lowest BCUT2D eigenvalue weighted by molar-refractivity contribution is -0.143. The largest absolute Gasteiger partial charge is 0.454 e. The van der Waals surface area contributed by atoms with Gasteiger partial charge in [-0.3, -0.25) is 9.69 Å². The van der Waals surface area contributed by atoms with E-state index in [0.717, 1.165) is 44.1 Å². The molecule has 3 atom stereocenters. The van der Waals surface area contributed by atoms with Gasteiger partial charge in [0, 0.05) is 37.6 Å². The summed E-state index contributed by atoms with van der Waals surface area (Å²) in [6, 6.07) is 7.17. The van der Waals surface area contributed by atoms with Gasteiger partial charge in [-0.2, -0.15) is 0 Å². The summed E-state index contributed by atoms with van der Waals surface area (Å²) in [5.74, 6) is 3.19. The van der Waals surface area contributed by atoms with Crippen molar-refractivity contribution in [1.82, 2.24) is 9.80 Å². The van der Waals surface area contributed by atoms with Gasteiger partial charge in [-0.1, -0.05) is 6.07 Å². The molecule has 5 saturated heterocycles. The van der Waals surface area contributed by atoms with Crippen LogP contribution in [0.15, 0.2) is 18.2 Å². The molecule has 7 rings (SSSR count). The number of likely N-dealkylation sites (tertiary alicyclic amines) is 1. The molecule has 0 saturated carbocycles. The molecule has 6 aliphatic rings. The highest BCUT2D eigenvalue weighted by Gasteiger charge is 2.55. The molecular weight excluding hydrogens is 356 g/mol. The maximum atomic E-state index is 13.5. The predicted octanol–water partition coefficient (Wildman–Crippen LogP) is 2.23. The number of ether oxygens (including phenoxy) is 3. The second kappa shape index (κ2) is 6.63. The van der Waals surface area contributed by atoms with E-state index in [9.17, 15) is 4.79 Å². The molecule has 6 nitrogen and oxygen atoms in total. The van der Waals surface area contributed by atoms with E-state index in [1.54, 1.807) is 0 Å². The van der Waals surface area contributed by atoms with Crippen LogP contribution in [0.25, 0.3) is 0 Å². The van der Waals surface area contributed by atoms with Crippen LogP contribution in [-0.2, 0) is 9.53 Å². The number of rotatable bonds is 2. The summed E-state index contributed by atoms with van der Waals surface area (Å²) < 4.78 is 16.6. The Labute approximate surface area is 165 Å². The van der Waals surface area contributed by atoms with E-state index in [-0.39, 0.29) is 5.92 Å². The molecular formula is C22H28N2O4. The van der Waals surface area contributed by atoms with Gasteiger partial charge in [0.15, 0.2) is 11.5 Å². The number of amides is 1. The Bertz CT molecular complexity index is 770. The zero-order valence-electron chi connectivity index (χ0n) is 16.2. The van der Waals surface area contributed by atoms with E-state index in [2.05, 4.69) is 21.9 Å². The fourth-order valence-corrected chi connectivity index (χ4v) is 6.29. The zero-order valence-corrected chi connectivity index (χ0v) is 16.2. The van der Waals surface area contributed by atoms with E-state index in [1.165, 1.54) is 31.5 Å². The lowest BCUT2D eigenvalue weighted by Crippen LogP contribution is -2.61. The molecule has 5 fully saturated rings. The second-order valence-electron chi connectivity index (χ2n) is 8.95. The summed E-state index contributed by atoms with van der Waals surface area (Å²) in [5.41, 5.74) is 1.29. The minimum atomic E-state index is 0.139. The molecule has 6 heterocycles. The van der Waals surface area contributed by atoms with Gasteiger partial charge in [-0.05, 0) is 62.4 Å². The molecule has 0 radical (unpaired) electrons. The third kappa shape index (κ3) is 2.57. The molecule has 2 bridgehead atoms. The lowest BCUT2D eigenvalue weighted by Gasteiger charge is -2.51. The monoisotopic (exact) mass is 384 g/mol. The number of piperidine rings is 3. The lowest BCUT2D eigenvalue weighted by atomic mass is 9.75. The Morgan fingerprint density at radius 1 is 0.964 bits per heavy atom. The van der Waals surface area contributed by atoms with Crippen LogP contribution < -0.4 is 9.47 Å². The zero-order chi connectivity index (χ0) is 18.7. The van der Waals surface area contributed by atoms with Crippen molar-refractivity contribution < 1.29 is 19.0 Å². The van der Waals surface area contributed by atoms with Crippen molar-refractivity contribution in [2.75, 3.05) is 39.6 Å². The first-order chi connectivity index (χ1) is 13.8. The first-order valence-electron chi connectivity index (χ1n) is 10.8. The van der Waals surface area contributed by atoms with Crippen molar-refractivity contribution in [2.45, 2.75) is 43.7 Å². The fourth-order valence-electron chi connectivity index (χ4n) is 6.29. The number of fused-ring (bicyclic) bond motifs is 3. The van der Waals surface area contributed by atoms with Gasteiger partial charge in [0.2, 0.25) is 12.7 Å². The second-order valence-corrected chi connectivity index (χ2v) is 8.95. The smallest absolute Gasteiger partial charge is 0.231 e. The molecule has 0 N–H and O–H groups in total. The molecule has 6 heteroatoms. The van der Waals surface area contributed by atoms with Gasteiger partial charge in [-0.15, -0.1) is 0 Å². The van der Waals surface area contributed by atoms with E-state index in [0.29, 0.717) is 36.6 Å². The summed E-state index contributed by atoms with van der Waals surface area (Å²) in [6.07, 6.45) is 4.20. The van der Waals surface area contributed by atoms with Crippen molar-refractivity contribution in [3.63, 3.8) is 0 Å². The summed E-state index contributed by atoms with van der Waals surface area (Å²) in [4.78, 5) is 18.4. The summed E-state index contributed by atoms with van der Waals surface area (Å²) in [5, 5.41) is 0. The highest BCUT2D eigenvalue weighted by molar-refractivity contribution is 5.80. The van der Waals surface area contributed by atoms with Crippen LogP contribution in [0.5, 0.6) is 11.5 Å². The number of hydrogen-bond acceptors (Lipinski definition) is 5. The molecule has 0 aromatic heterocycles. The molecule has 1 amide bonds. The van der Waals surface area contributed by atoms with Crippen LogP contribution in [0.1, 0.15) is 37.2 Å². The first kappa shape index (κ1) is 17.1. The topological polar surface area (TPSA) is 51.2 Å². The molecule has 28 heavy (non-hydrogen) atoms. The average molecular weight is 384 g/mol. The number of carbonyl (C=O) groups excluding carboxylic acids is 1. The van der Waals surface area contributed by atoms with Gasteiger partial charge < -0.3 is 19.1 Å². The van der Waals surface area contributed by atoms with Crippen molar-refractivity contribution in [3.05, 3.63) is 23.8 Å². The van der Waals surface area contributed by atoms with E-state index >= 15 is 0 Å². The molecule has 1 aromatic carbocycles. The van der Waals surface area contributed by atoms with Gasteiger partial charge in [-0.25, -0.2) is 0 Å².